The van der Waals surface area contributed by atoms with Crippen molar-refractivity contribution < 1.29 is 23.8 Å². The molecule has 2 amide bonds. The highest BCUT2D eigenvalue weighted by Gasteiger charge is 2.34. The topological polar surface area (TPSA) is 92.4 Å². The van der Waals surface area contributed by atoms with Gasteiger partial charge in [-0.2, -0.15) is 0 Å². The van der Waals surface area contributed by atoms with Crippen LogP contribution in [0.2, 0.25) is 0 Å². The minimum Gasteiger partial charge on any atom is -0.495 e. The van der Waals surface area contributed by atoms with Crippen LogP contribution in [0.3, 0.4) is 0 Å². The van der Waals surface area contributed by atoms with E-state index in [9.17, 15) is 9.59 Å². The zero-order chi connectivity index (χ0) is 25.5. The number of urea groups is 1. The van der Waals surface area contributed by atoms with Crippen molar-refractivity contribution in [3.8, 4) is 11.5 Å². The maximum atomic E-state index is 13.1. The van der Waals surface area contributed by atoms with Crippen molar-refractivity contribution in [1.29, 1.82) is 0 Å². The first-order chi connectivity index (χ1) is 17.5. The smallest absolute Gasteiger partial charge is 0.338 e. The van der Waals surface area contributed by atoms with Crippen molar-refractivity contribution in [2.75, 3.05) is 57.9 Å². The average molecular weight is 495 g/mol. The standard InChI is InChI=1S/C27H34N4O5/c1-4-35-20-12-10-19(11-13-20)25-24(26(32)36-5-2)21(28-27(33)29-25)18-30-14-16-31(17-15-30)22-8-6-7-9-23(22)34-3/h6-13,25H,4-5,14-18H2,1-3H3,(H2,28,29,33)/t25-/m1/s1. The zero-order valence-corrected chi connectivity index (χ0v) is 21.1. The average Bonchev–Trinajstić information content (AvgIpc) is 2.89. The fraction of sp³-hybridized carbons (Fsp3) is 0.407. The molecule has 9 nitrogen and oxygen atoms in total. The van der Waals surface area contributed by atoms with Gasteiger partial charge in [-0.15, -0.1) is 0 Å². The van der Waals surface area contributed by atoms with Crippen LogP contribution in [0, 0.1) is 0 Å². The Morgan fingerprint density at radius 1 is 1.00 bits per heavy atom. The maximum absolute atomic E-state index is 13.1. The number of ether oxygens (including phenoxy) is 3. The lowest BCUT2D eigenvalue weighted by Crippen LogP contribution is -2.51. The molecule has 1 atom stereocenters. The van der Waals surface area contributed by atoms with Crippen molar-refractivity contribution in [2.45, 2.75) is 19.9 Å². The molecule has 2 aliphatic rings. The molecule has 0 aromatic heterocycles. The van der Waals surface area contributed by atoms with Crippen LogP contribution in [0.15, 0.2) is 59.8 Å². The Kier molecular flexibility index (Phi) is 8.32. The third-order valence-corrected chi connectivity index (χ3v) is 6.35. The van der Waals surface area contributed by atoms with Gasteiger partial charge in [0.15, 0.2) is 0 Å². The molecule has 1 fully saturated rings. The molecule has 9 heteroatoms. The predicted molar refractivity (Wildman–Crippen MR) is 137 cm³/mol. The van der Waals surface area contributed by atoms with Gasteiger partial charge in [-0.05, 0) is 43.7 Å². The molecule has 0 spiro atoms. The van der Waals surface area contributed by atoms with Crippen LogP contribution in [0.1, 0.15) is 25.5 Å². The number of anilines is 1. The van der Waals surface area contributed by atoms with E-state index in [2.05, 4.69) is 26.5 Å². The van der Waals surface area contributed by atoms with E-state index in [0.29, 0.717) is 24.4 Å². The van der Waals surface area contributed by atoms with Gasteiger partial charge in [-0.1, -0.05) is 24.3 Å². The largest absolute Gasteiger partial charge is 0.495 e. The molecule has 0 bridgehead atoms. The first-order valence-electron chi connectivity index (χ1n) is 12.3. The van der Waals surface area contributed by atoms with E-state index >= 15 is 0 Å². The van der Waals surface area contributed by atoms with Crippen LogP contribution >= 0.6 is 0 Å². The van der Waals surface area contributed by atoms with Crippen molar-refractivity contribution in [3.05, 3.63) is 65.4 Å². The SMILES string of the molecule is CCOC(=O)C1=C(CN2CCN(c3ccccc3OC)CC2)NC(=O)N[C@@H]1c1ccc(OCC)cc1. The second-order valence-corrected chi connectivity index (χ2v) is 8.58. The third kappa shape index (κ3) is 5.73. The van der Waals surface area contributed by atoms with Crippen LogP contribution in [0.5, 0.6) is 11.5 Å². The molecule has 2 aromatic carbocycles. The number of benzene rings is 2. The second kappa shape index (κ2) is 11.8. The minimum atomic E-state index is -0.613. The van der Waals surface area contributed by atoms with Gasteiger partial charge < -0.3 is 29.7 Å². The lowest BCUT2D eigenvalue weighted by atomic mass is 9.94. The van der Waals surface area contributed by atoms with Gasteiger partial charge in [0.05, 0.1) is 37.6 Å². The molecular formula is C27H34N4O5. The highest BCUT2D eigenvalue weighted by atomic mass is 16.5. The molecular weight excluding hydrogens is 460 g/mol. The van der Waals surface area contributed by atoms with Gasteiger partial charge in [0.1, 0.15) is 11.5 Å². The number of carbonyl (C=O) groups excluding carboxylic acids is 2. The molecule has 2 aromatic rings. The Morgan fingerprint density at radius 3 is 2.39 bits per heavy atom. The predicted octanol–water partition coefficient (Wildman–Crippen LogP) is 3.09. The van der Waals surface area contributed by atoms with E-state index in [-0.39, 0.29) is 12.6 Å². The summed E-state index contributed by atoms with van der Waals surface area (Å²) in [5.74, 6) is 1.14. The highest BCUT2D eigenvalue weighted by Crippen LogP contribution is 2.31. The van der Waals surface area contributed by atoms with E-state index in [0.717, 1.165) is 48.9 Å². The summed E-state index contributed by atoms with van der Waals surface area (Å²) >= 11 is 0. The molecule has 0 radical (unpaired) electrons. The minimum absolute atomic E-state index is 0.247. The summed E-state index contributed by atoms with van der Waals surface area (Å²) in [7, 11) is 1.68. The molecule has 0 saturated carbocycles. The monoisotopic (exact) mass is 494 g/mol. The van der Waals surface area contributed by atoms with E-state index in [4.69, 9.17) is 14.2 Å². The number of carbonyl (C=O) groups is 2. The molecule has 0 aliphatic carbocycles. The summed E-state index contributed by atoms with van der Waals surface area (Å²) < 4.78 is 16.5. The molecule has 36 heavy (non-hydrogen) atoms. The second-order valence-electron chi connectivity index (χ2n) is 8.58. The quantitative estimate of drug-likeness (QED) is 0.518. The van der Waals surface area contributed by atoms with Crippen molar-refractivity contribution >= 4 is 17.7 Å². The van der Waals surface area contributed by atoms with Gasteiger partial charge in [-0.3, -0.25) is 4.90 Å². The Hall–Kier alpha value is -3.72. The summed E-state index contributed by atoms with van der Waals surface area (Å²) in [6, 6.07) is 14.4. The Balaban J connectivity index is 1.55. The van der Waals surface area contributed by atoms with Crippen LogP contribution in [-0.4, -0.2) is 69.9 Å². The highest BCUT2D eigenvalue weighted by molar-refractivity contribution is 5.95. The van der Waals surface area contributed by atoms with Gasteiger partial charge in [0, 0.05) is 38.4 Å². The number of rotatable bonds is 9. The summed E-state index contributed by atoms with van der Waals surface area (Å²) in [5.41, 5.74) is 2.85. The maximum Gasteiger partial charge on any atom is 0.338 e. The lowest BCUT2D eigenvalue weighted by molar-refractivity contribution is -0.139. The number of nitrogens with one attached hydrogen (secondary N) is 2. The molecule has 2 aliphatic heterocycles. The molecule has 2 heterocycles. The molecule has 2 N–H and O–H groups in total. The molecule has 4 rings (SSSR count). The zero-order valence-electron chi connectivity index (χ0n) is 21.1. The number of esters is 1. The van der Waals surface area contributed by atoms with E-state index in [1.165, 1.54) is 0 Å². The van der Waals surface area contributed by atoms with Gasteiger partial charge in [0.25, 0.3) is 0 Å². The van der Waals surface area contributed by atoms with Crippen LogP contribution in [0.25, 0.3) is 0 Å². The number of piperazine rings is 1. The van der Waals surface area contributed by atoms with E-state index < -0.39 is 12.0 Å². The number of nitrogens with zero attached hydrogens (tertiary/aromatic N) is 2. The van der Waals surface area contributed by atoms with Crippen molar-refractivity contribution in [3.63, 3.8) is 0 Å². The number of hydrogen-bond acceptors (Lipinski definition) is 7. The number of hydrogen-bond donors (Lipinski definition) is 2. The first-order valence-corrected chi connectivity index (χ1v) is 12.3. The Labute approximate surface area is 212 Å². The summed E-state index contributed by atoms with van der Waals surface area (Å²) in [5, 5.41) is 5.77. The lowest BCUT2D eigenvalue weighted by Gasteiger charge is -2.38. The first kappa shape index (κ1) is 25.4. The fourth-order valence-electron chi connectivity index (χ4n) is 4.63. The van der Waals surface area contributed by atoms with E-state index in [1.54, 1.807) is 14.0 Å². The van der Waals surface area contributed by atoms with Gasteiger partial charge in [0.2, 0.25) is 0 Å². The normalized spacial score (nSPS) is 18.4. The van der Waals surface area contributed by atoms with Gasteiger partial charge in [-0.25, -0.2) is 9.59 Å². The van der Waals surface area contributed by atoms with Crippen LogP contribution in [-0.2, 0) is 9.53 Å². The Morgan fingerprint density at radius 2 is 1.72 bits per heavy atom. The van der Waals surface area contributed by atoms with Crippen LogP contribution in [0.4, 0.5) is 10.5 Å². The Bertz CT molecular complexity index is 1090. The number of methoxy groups -OCH3 is 1. The molecule has 192 valence electrons. The summed E-state index contributed by atoms with van der Waals surface area (Å²) in [6.45, 7) is 8.09. The van der Waals surface area contributed by atoms with E-state index in [1.807, 2.05) is 49.4 Å². The van der Waals surface area contributed by atoms with Gasteiger partial charge >= 0.3 is 12.0 Å². The fourth-order valence-corrected chi connectivity index (χ4v) is 4.63. The third-order valence-electron chi connectivity index (χ3n) is 6.35. The molecule has 1 saturated heterocycles. The van der Waals surface area contributed by atoms with Crippen molar-refractivity contribution in [2.24, 2.45) is 0 Å². The number of amides is 2. The molecule has 0 unspecified atom stereocenters. The summed E-state index contributed by atoms with van der Waals surface area (Å²) in [6.07, 6.45) is 0. The number of para-hydroxylation sites is 2. The van der Waals surface area contributed by atoms with Crippen molar-refractivity contribution in [1.82, 2.24) is 15.5 Å². The van der Waals surface area contributed by atoms with Crippen LogP contribution < -0.4 is 25.0 Å². The summed E-state index contributed by atoms with van der Waals surface area (Å²) in [4.78, 5) is 30.2.